The molecule has 8 nitrogen and oxygen atoms in total. The summed E-state index contributed by atoms with van der Waals surface area (Å²) in [7, 11) is 0. The van der Waals surface area contributed by atoms with Crippen LogP contribution in [0, 0.1) is 5.92 Å². The van der Waals surface area contributed by atoms with E-state index in [1.807, 2.05) is 40.1 Å². The minimum absolute atomic E-state index is 0.0858. The Morgan fingerprint density at radius 2 is 1.58 bits per heavy atom. The second-order valence-corrected chi connectivity index (χ2v) is 8.42. The van der Waals surface area contributed by atoms with Crippen LogP contribution < -0.4 is 4.90 Å². The fourth-order valence-electron chi connectivity index (χ4n) is 4.45. The van der Waals surface area contributed by atoms with Gasteiger partial charge in [-0.15, -0.1) is 0 Å². The summed E-state index contributed by atoms with van der Waals surface area (Å²) in [6.07, 6.45) is 3.15. The third-order valence-electron chi connectivity index (χ3n) is 6.57. The lowest BCUT2D eigenvalue weighted by molar-refractivity contribution is -0.139. The molecular weight excluding hydrogens is 396 g/mol. The minimum Gasteiger partial charge on any atom is -0.378 e. The number of aromatic nitrogens is 1. The predicted molar refractivity (Wildman–Crippen MR) is 115 cm³/mol. The molecule has 5 rings (SSSR count). The van der Waals surface area contributed by atoms with Gasteiger partial charge in [0.1, 0.15) is 5.56 Å². The van der Waals surface area contributed by atoms with Crippen LogP contribution in [-0.4, -0.2) is 79.3 Å². The number of ether oxygens (including phenoxy) is 1. The molecule has 0 N–H and O–H groups in total. The molecular formula is C23H28N4O4. The smallest absolute Gasteiger partial charge is 0.261 e. The van der Waals surface area contributed by atoms with Crippen molar-refractivity contribution in [3.8, 4) is 11.3 Å². The Hall–Kier alpha value is -2.87. The van der Waals surface area contributed by atoms with E-state index in [2.05, 4.69) is 10.1 Å². The average molecular weight is 425 g/mol. The van der Waals surface area contributed by atoms with Crippen molar-refractivity contribution in [2.24, 2.45) is 5.92 Å². The molecule has 1 saturated carbocycles. The van der Waals surface area contributed by atoms with Crippen LogP contribution in [0.1, 0.15) is 29.6 Å². The molecule has 0 unspecified atom stereocenters. The standard InChI is InChI=1S/C23H28N4O4/c28-22(18-7-4-8-18)26-9-11-27(12-10-26)23(29)19-20(17-5-2-1-3-6-17)31-24-21(19)25-13-15-30-16-14-25/h1-3,5-6,18H,4,7-16H2. The van der Waals surface area contributed by atoms with Crippen LogP contribution in [-0.2, 0) is 9.53 Å². The summed E-state index contributed by atoms with van der Waals surface area (Å²) in [6, 6.07) is 9.63. The summed E-state index contributed by atoms with van der Waals surface area (Å²) in [5, 5.41) is 4.30. The number of anilines is 1. The van der Waals surface area contributed by atoms with Crippen LogP contribution in [0.4, 0.5) is 5.82 Å². The highest BCUT2D eigenvalue weighted by atomic mass is 16.5. The second-order valence-electron chi connectivity index (χ2n) is 8.42. The zero-order valence-electron chi connectivity index (χ0n) is 17.7. The Bertz CT molecular complexity index is 926. The van der Waals surface area contributed by atoms with Crippen molar-refractivity contribution in [3.05, 3.63) is 35.9 Å². The van der Waals surface area contributed by atoms with Crippen LogP contribution in [0.2, 0.25) is 0 Å². The third-order valence-corrected chi connectivity index (χ3v) is 6.57. The summed E-state index contributed by atoms with van der Waals surface area (Å²) in [5.74, 6) is 1.44. The van der Waals surface area contributed by atoms with E-state index in [1.165, 1.54) is 0 Å². The first-order chi connectivity index (χ1) is 15.2. The van der Waals surface area contributed by atoms with Crippen LogP contribution in [0.25, 0.3) is 11.3 Å². The van der Waals surface area contributed by atoms with Crippen molar-refractivity contribution in [1.82, 2.24) is 15.0 Å². The number of morpholine rings is 1. The van der Waals surface area contributed by atoms with Crippen molar-refractivity contribution in [2.75, 3.05) is 57.4 Å². The van der Waals surface area contributed by atoms with Gasteiger partial charge in [0.05, 0.1) is 13.2 Å². The predicted octanol–water partition coefficient (Wildman–Crippen LogP) is 2.26. The summed E-state index contributed by atoms with van der Waals surface area (Å²) >= 11 is 0. The van der Waals surface area contributed by atoms with Crippen LogP contribution in [0.15, 0.2) is 34.9 Å². The molecule has 2 aliphatic heterocycles. The lowest BCUT2D eigenvalue weighted by atomic mass is 9.84. The van der Waals surface area contributed by atoms with Gasteiger partial charge in [0, 0.05) is 50.7 Å². The molecule has 0 atom stereocenters. The van der Waals surface area contributed by atoms with E-state index < -0.39 is 0 Å². The highest BCUT2D eigenvalue weighted by Crippen LogP contribution is 2.33. The molecule has 1 aliphatic carbocycles. The normalized spacial score (nSPS) is 19.9. The lowest BCUT2D eigenvalue weighted by Gasteiger charge is -2.38. The Balaban J connectivity index is 1.38. The first kappa shape index (κ1) is 20.1. The molecule has 2 saturated heterocycles. The zero-order valence-corrected chi connectivity index (χ0v) is 17.7. The van der Waals surface area contributed by atoms with Gasteiger partial charge in [-0.1, -0.05) is 41.9 Å². The van der Waals surface area contributed by atoms with Crippen molar-refractivity contribution in [2.45, 2.75) is 19.3 Å². The van der Waals surface area contributed by atoms with E-state index in [-0.39, 0.29) is 17.7 Å². The van der Waals surface area contributed by atoms with Gasteiger partial charge in [-0.2, -0.15) is 0 Å². The molecule has 3 fully saturated rings. The quantitative estimate of drug-likeness (QED) is 0.749. The first-order valence-corrected chi connectivity index (χ1v) is 11.2. The van der Waals surface area contributed by atoms with Gasteiger partial charge >= 0.3 is 0 Å². The van der Waals surface area contributed by atoms with Crippen LogP contribution in [0.5, 0.6) is 0 Å². The van der Waals surface area contributed by atoms with Gasteiger partial charge in [0.2, 0.25) is 5.91 Å². The molecule has 2 amide bonds. The first-order valence-electron chi connectivity index (χ1n) is 11.2. The van der Waals surface area contributed by atoms with Crippen molar-refractivity contribution in [1.29, 1.82) is 0 Å². The number of rotatable bonds is 4. The lowest BCUT2D eigenvalue weighted by Crippen LogP contribution is -2.52. The number of piperazine rings is 1. The number of carbonyl (C=O) groups is 2. The minimum atomic E-state index is -0.0858. The Kier molecular flexibility index (Phi) is 5.63. The maximum Gasteiger partial charge on any atom is 0.261 e. The fourth-order valence-corrected chi connectivity index (χ4v) is 4.45. The van der Waals surface area contributed by atoms with E-state index in [9.17, 15) is 9.59 Å². The topological polar surface area (TPSA) is 79.1 Å². The average Bonchev–Trinajstić information content (AvgIpc) is 3.24. The SMILES string of the molecule is O=C(c1c(N2CCOCC2)noc1-c1ccccc1)N1CCN(C(=O)C2CCC2)CC1. The van der Waals surface area contributed by atoms with Gasteiger partial charge in [0.25, 0.3) is 5.91 Å². The summed E-state index contributed by atoms with van der Waals surface area (Å²) in [6.45, 7) is 4.76. The maximum atomic E-state index is 13.7. The fraction of sp³-hybridized carbons (Fsp3) is 0.522. The molecule has 1 aromatic heterocycles. The van der Waals surface area contributed by atoms with E-state index in [1.54, 1.807) is 0 Å². The van der Waals surface area contributed by atoms with Crippen LogP contribution in [0.3, 0.4) is 0 Å². The van der Waals surface area contributed by atoms with E-state index in [0.29, 0.717) is 69.6 Å². The number of carbonyl (C=O) groups excluding carboxylic acids is 2. The summed E-state index contributed by atoms with van der Waals surface area (Å²) in [5.41, 5.74) is 1.34. The van der Waals surface area contributed by atoms with E-state index >= 15 is 0 Å². The molecule has 0 radical (unpaired) electrons. The molecule has 0 bridgehead atoms. The molecule has 8 heteroatoms. The largest absolute Gasteiger partial charge is 0.378 e. The molecule has 2 aromatic rings. The van der Waals surface area contributed by atoms with Gasteiger partial charge < -0.3 is 24.0 Å². The number of hydrogen-bond donors (Lipinski definition) is 0. The Labute approximate surface area is 181 Å². The monoisotopic (exact) mass is 424 g/mol. The molecule has 1 aromatic carbocycles. The Morgan fingerprint density at radius 3 is 2.23 bits per heavy atom. The maximum absolute atomic E-state index is 13.7. The van der Waals surface area contributed by atoms with Gasteiger partial charge in [0.15, 0.2) is 11.6 Å². The molecule has 3 aliphatic rings. The molecule has 3 heterocycles. The Morgan fingerprint density at radius 1 is 0.903 bits per heavy atom. The highest BCUT2D eigenvalue weighted by molar-refractivity contribution is 6.04. The van der Waals surface area contributed by atoms with Crippen molar-refractivity contribution < 1.29 is 18.8 Å². The third kappa shape index (κ3) is 3.92. The summed E-state index contributed by atoms with van der Waals surface area (Å²) in [4.78, 5) is 32.0. The van der Waals surface area contributed by atoms with Gasteiger partial charge in [-0.3, -0.25) is 9.59 Å². The second kappa shape index (κ2) is 8.70. The summed E-state index contributed by atoms with van der Waals surface area (Å²) < 4.78 is 11.2. The number of hydrogen-bond acceptors (Lipinski definition) is 6. The van der Waals surface area contributed by atoms with Gasteiger partial charge in [-0.25, -0.2) is 0 Å². The number of nitrogens with zero attached hydrogens (tertiary/aromatic N) is 4. The van der Waals surface area contributed by atoms with Crippen molar-refractivity contribution in [3.63, 3.8) is 0 Å². The molecule has 31 heavy (non-hydrogen) atoms. The van der Waals surface area contributed by atoms with E-state index in [4.69, 9.17) is 9.26 Å². The highest BCUT2D eigenvalue weighted by Gasteiger charge is 2.35. The van der Waals surface area contributed by atoms with E-state index in [0.717, 1.165) is 24.8 Å². The zero-order chi connectivity index (χ0) is 21.2. The van der Waals surface area contributed by atoms with Gasteiger partial charge in [-0.05, 0) is 12.8 Å². The van der Waals surface area contributed by atoms with Crippen LogP contribution >= 0.6 is 0 Å². The number of amides is 2. The van der Waals surface area contributed by atoms with Crippen molar-refractivity contribution >= 4 is 17.6 Å². The number of benzene rings is 1. The molecule has 164 valence electrons. The molecule has 0 spiro atoms.